The average Bonchev–Trinajstić information content (AvgIpc) is 2.55. The largest absolute Gasteiger partial charge is 0.462 e. The first-order valence-electron chi connectivity index (χ1n) is 7.94. The molecular formula is C16H25ClN2O4S. The number of carbonyl (C=O) groups excluding carboxylic acids is 1. The summed E-state index contributed by atoms with van der Waals surface area (Å²) in [5.74, 6) is -0.164. The number of esters is 1. The fraction of sp³-hybridized carbons (Fsp3) is 0.562. The second-order valence-corrected chi connectivity index (χ2v) is 7.48. The number of piperidine rings is 1. The van der Waals surface area contributed by atoms with Gasteiger partial charge in [0.15, 0.2) is 0 Å². The van der Waals surface area contributed by atoms with Crippen LogP contribution in [0.2, 0.25) is 0 Å². The maximum absolute atomic E-state index is 12.4. The van der Waals surface area contributed by atoms with Gasteiger partial charge in [-0.1, -0.05) is 0 Å². The Balaban J connectivity index is 0.00000288. The molecule has 0 amide bonds. The summed E-state index contributed by atoms with van der Waals surface area (Å²) in [6, 6.07) is 5.66. The molecule has 1 aromatic carbocycles. The number of benzene rings is 1. The van der Waals surface area contributed by atoms with Crippen molar-refractivity contribution in [2.45, 2.75) is 37.6 Å². The lowest BCUT2D eigenvalue weighted by Crippen LogP contribution is -2.44. The molecule has 0 spiro atoms. The second kappa shape index (κ2) is 9.36. The van der Waals surface area contributed by atoms with E-state index in [9.17, 15) is 13.2 Å². The Hall–Kier alpha value is -1.15. The number of hydrogen-bond donors (Lipinski definition) is 2. The molecule has 0 aliphatic carbocycles. The molecular weight excluding hydrogens is 352 g/mol. The van der Waals surface area contributed by atoms with Gasteiger partial charge in [-0.05, 0) is 70.0 Å². The van der Waals surface area contributed by atoms with Crippen molar-refractivity contribution in [2.75, 3.05) is 19.7 Å². The molecule has 0 radical (unpaired) electrons. The molecule has 24 heavy (non-hydrogen) atoms. The molecule has 0 saturated carbocycles. The van der Waals surface area contributed by atoms with Crippen molar-refractivity contribution in [3.8, 4) is 0 Å². The Morgan fingerprint density at radius 1 is 1.38 bits per heavy atom. The summed E-state index contributed by atoms with van der Waals surface area (Å²) in [5, 5.41) is 3.29. The highest BCUT2D eigenvalue weighted by Gasteiger charge is 2.25. The minimum Gasteiger partial charge on any atom is -0.462 e. The summed E-state index contributed by atoms with van der Waals surface area (Å²) < 4.78 is 32.5. The van der Waals surface area contributed by atoms with Crippen LogP contribution in [-0.4, -0.2) is 40.1 Å². The summed E-state index contributed by atoms with van der Waals surface area (Å²) in [6.45, 7) is 5.72. The highest BCUT2D eigenvalue weighted by Crippen LogP contribution is 2.17. The fourth-order valence-corrected chi connectivity index (χ4v) is 4.01. The monoisotopic (exact) mass is 376 g/mol. The van der Waals surface area contributed by atoms with E-state index in [4.69, 9.17) is 4.74 Å². The van der Waals surface area contributed by atoms with Crippen LogP contribution in [0.25, 0.3) is 0 Å². The summed E-state index contributed by atoms with van der Waals surface area (Å²) in [6.07, 6.45) is 2.07. The Morgan fingerprint density at radius 2 is 2.04 bits per heavy atom. The minimum absolute atomic E-state index is 0. The lowest BCUT2D eigenvalue weighted by Gasteiger charge is -2.28. The fourth-order valence-electron chi connectivity index (χ4n) is 2.70. The molecule has 1 aromatic rings. The van der Waals surface area contributed by atoms with Crippen LogP contribution in [0, 0.1) is 5.92 Å². The van der Waals surface area contributed by atoms with Gasteiger partial charge in [0, 0.05) is 6.04 Å². The zero-order valence-corrected chi connectivity index (χ0v) is 15.6. The second-order valence-electron chi connectivity index (χ2n) is 5.76. The van der Waals surface area contributed by atoms with Crippen LogP contribution >= 0.6 is 12.4 Å². The Kier molecular flexibility index (Phi) is 8.15. The maximum atomic E-state index is 12.4. The number of carbonyl (C=O) groups is 1. The van der Waals surface area contributed by atoms with E-state index in [0.29, 0.717) is 5.56 Å². The molecule has 2 rings (SSSR count). The number of halogens is 1. The minimum atomic E-state index is -3.59. The Labute approximate surface area is 149 Å². The highest BCUT2D eigenvalue weighted by molar-refractivity contribution is 7.89. The first kappa shape index (κ1) is 20.9. The molecule has 1 fully saturated rings. The lowest BCUT2D eigenvalue weighted by molar-refractivity contribution is 0.0526. The number of rotatable bonds is 6. The van der Waals surface area contributed by atoms with Crippen LogP contribution < -0.4 is 10.0 Å². The Morgan fingerprint density at radius 3 is 2.58 bits per heavy atom. The van der Waals surface area contributed by atoms with E-state index in [1.807, 2.05) is 6.92 Å². The van der Waals surface area contributed by atoms with Gasteiger partial charge in [-0.3, -0.25) is 0 Å². The van der Waals surface area contributed by atoms with Crippen molar-refractivity contribution >= 4 is 28.4 Å². The number of ether oxygens (including phenoxy) is 1. The van der Waals surface area contributed by atoms with Crippen molar-refractivity contribution in [3.63, 3.8) is 0 Å². The predicted molar refractivity (Wildman–Crippen MR) is 95.0 cm³/mol. The Bertz CT molecular complexity index is 628. The molecule has 8 heteroatoms. The van der Waals surface area contributed by atoms with Crippen molar-refractivity contribution in [1.29, 1.82) is 0 Å². The lowest BCUT2D eigenvalue weighted by atomic mass is 9.94. The molecule has 0 aromatic heterocycles. The molecule has 2 N–H and O–H groups in total. The van der Waals surface area contributed by atoms with Gasteiger partial charge in [0.05, 0.1) is 17.1 Å². The third-order valence-electron chi connectivity index (χ3n) is 4.06. The van der Waals surface area contributed by atoms with Crippen LogP contribution in [0.15, 0.2) is 29.2 Å². The van der Waals surface area contributed by atoms with Gasteiger partial charge in [-0.2, -0.15) is 0 Å². The van der Waals surface area contributed by atoms with Gasteiger partial charge in [-0.15, -0.1) is 12.4 Å². The van der Waals surface area contributed by atoms with E-state index >= 15 is 0 Å². The van der Waals surface area contributed by atoms with Crippen LogP contribution in [0.3, 0.4) is 0 Å². The smallest absolute Gasteiger partial charge is 0.338 e. The summed E-state index contributed by atoms with van der Waals surface area (Å²) in [7, 11) is -3.59. The highest BCUT2D eigenvalue weighted by atomic mass is 35.5. The number of sulfonamides is 1. The van der Waals surface area contributed by atoms with E-state index in [-0.39, 0.29) is 35.9 Å². The van der Waals surface area contributed by atoms with E-state index in [1.165, 1.54) is 24.3 Å². The summed E-state index contributed by atoms with van der Waals surface area (Å²) in [4.78, 5) is 11.7. The normalized spacial score (nSPS) is 19.2. The number of hydrogen-bond acceptors (Lipinski definition) is 5. The zero-order valence-electron chi connectivity index (χ0n) is 13.9. The third-order valence-corrected chi connectivity index (χ3v) is 5.63. The maximum Gasteiger partial charge on any atom is 0.338 e. The van der Waals surface area contributed by atoms with Crippen molar-refractivity contribution in [2.24, 2.45) is 5.92 Å². The van der Waals surface area contributed by atoms with Gasteiger partial charge in [-0.25, -0.2) is 17.9 Å². The molecule has 1 saturated heterocycles. The van der Waals surface area contributed by atoms with Crippen molar-refractivity contribution in [1.82, 2.24) is 10.0 Å². The van der Waals surface area contributed by atoms with Gasteiger partial charge in [0.1, 0.15) is 0 Å². The van der Waals surface area contributed by atoms with Gasteiger partial charge >= 0.3 is 5.97 Å². The predicted octanol–water partition coefficient (Wildman–Crippen LogP) is 1.95. The number of nitrogens with one attached hydrogen (secondary N) is 2. The first-order chi connectivity index (χ1) is 10.9. The summed E-state index contributed by atoms with van der Waals surface area (Å²) in [5.41, 5.74) is 0.343. The van der Waals surface area contributed by atoms with E-state index in [0.717, 1.165) is 25.9 Å². The quantitative estimate of drug-likeness (QED) is 0.741. The first-order valence-corrected chi connectivity index (χ1v) is 9.42. The molecule has 2 unspecified atom stereocenters. The topological polar surface area (TPSA) is 84.5 Å². The summed E-state index contributed by atoms with van der Waals surface area (Å²) >= 11 is 0. The molecule has 2 atom stereocenters. The third kappa shape index (κ3) is 5.44. The average molecular weight is 377 g/mol. The molecule has 136 valence electrons. The van der Waals surface area contributed by atoms with Crippen molar-refractivity contribution < 1.29 is 17.9 Å². The van der Waals surface area contributed by atoms with Crippen LogP contribution in [0.1, 0.15) is 37.0 Å². The van der Waals surface area contributed by atoms with Gasteiger partial charge in [0.25, 0.3) is 0 Å². The zero-order chi connectivity index (χ0) is 16.9. The van der Waals surface area contributed by atoms with Crippen molar-refractivity contribution in [3.05, 3.63) is 29.8 Å². The van der Waals surface area contributed by atoms with Gasteiger partial charge < -0.3 is 10.1 Å². The SMILES string of the molecule is CCOC(=O)c1ccc(S(=O)(=O)NC(C)C2CCCNC2)cc1.Cl. The van der Waals surface area contributed by atoms with Crippen LogP contribution in [0.4, 0.5) is 0 Å². The van der Waals surface area contributed by atoms with Crippen LogP contribution in [-0.2, 0) is 14.8 Å². The van der Waals surface area contributed by atoms with Crippen LogP contribution in [0.5, 0.6) is 0 Å². The molecule has 1 aliphatic rings. The van der Waals surface area contributed by atoms with E-state index in [2.05, 4.69) is 10.0 Å². The molecule has 1 heterocycles. The van der Waals surface area contributed by atoms with E-state index in [1.54, 1.807) is 6.92 Å². The molecule has 6 nitrogen and oxygen atoms in total. The molecule has 1 aliphatic heterocycles. The standard InChI is InChI=1S/C16H24N2O4S.ClH/c1-3-22-16(19)13-6-8-15(9-7-13)23(20,21)18-12(2)14-5-4-10-17-11-14;/h6-9,12,14,17-18H,3-5,10-11H2,1-2H3;1H. The van der Waals surface area contributed by atoms with Gasteiger partial charge in [0.2, 0.25) is 10.0 Å². The van der Waals surface area contributed by atoms with E-state index < -0.39 is 16.0 Å². The molecule has 0 bridgehead atoms.